The number of halogens is 1. The van der Waals surface area contributed by atoms with Gasteiger partial charge in [-0.2, -0.15) is 12.6 Å². The third-order valence-corrected chi connectivity index (χ3v) is 4.93. The van der Waals surface area contributed by atoms with Gasteiger partial charge < -0.3 is 15.4 Å². The number of alkyl halides is 1. The molecule has 0 heterocycles. The quantitative estimate of drug-likeness (QED) is 0.246. The van der Waals surface area contributed by atoms with Crippen molar-refractivity contribution in [2.45, 2.75) is 43.3 Å². The van der Waals surface area contributed by atoms with Gasteiger partial charge in [-0.05, 0) is 30.7 Å². The van der Waals surface area contributed by atoms with E-state index in [1.54, 1.807) is 19.1 Å². The van der Waals surface area contributed by atoms with E-state index in [0.717, 1.165) is 0 Å². The van der Waals surface area contributed by atoms with Crippen LogP contribution in [-0.2, 0) is 19.2 Å². The van der Waals surface area contributed by atoms with Crippen molar-refractivity contribution in [2.75, 3.05) is 5.32 Å². The largest absolute Gasteiger partial charge is 0.425 e. The van der Waals surface area contributed by atoms with Gasteiger partial charge in [-0.1, -0.05) is 22.9 Å². The molecule has 9 heteroatoms. The van der Waals surface area contributed by atoms with Crippen LogP contribution in [0.25, 0.3) is 0 Å². The van der Waals surface area contributed by atoms with E-state index in [1.807, 2.05) is 0 Å². The molecule has 7 nitrogen and oxygen atoms in total. The van der Waals surface area contributed by atoms with E-state index in [4.69, 9.17) is 4.74 Å². The maximum absolute atomic E-state index is 12.4. The van der Waals surface area contributed by atoms with E-state index in [0.29, 0.717) is 12.1 Å². The molecule has 26 heavy (non-hydrogen) atoms. The van der Waals surface area contributed by atoms with Crippen molar-refractivity contribution in [3.63, 3.8) is 0 Å². The van der Waals surface area contributed by atoms with Crippen molar-refractivity contribution >= 4 is 57.8 Å². The number of rotatable bonds is 8. The number of Topliss-reactive ketones (excluding diaryl/α,β-unsaturated/α-hetero) is 1. The monoisotopic (exact) mass is 444 g/mol. The van der Waals surface area contributed by atoms with Crippen LogP contribution in [0.15, 0.2) is 24.3 Å². The maximum atomic E-state index is 12.4. The van der Waals surface area contributed by atoms with Crippen LogP contribution in [0.2, 0.25) is 0 Å². The van der Waals surface area contributed by atoms with Gasteiger partial charge in [0, 0.05) is 19.5 Å². The van der Waals surface area contributed by atoms with E-state index < -0.39 is 28.0 Å². The molecule has 0 aromatic heterocycles. The highest BCUT2D eigenvalue weighted by Crippen LogP contribution is 2.19. The van der Waals surface area contributed by atoms with E-state index in [-0.39, 0.29) is 17.4 Å². The minimum absolute atomic E-state index is 0.207. The van der Waals surface area contributed by atoms with Gasteiger partial charge in [-0.3, -0.25) is 14.4 Å². The maximum Gasteiger partial charge on any atom is 0.335 e. The standard InChI is InChI=1S/C17H21BrN2O5S/c1-4-13(18)15(23)16(26)14(20-10(3)22)17(24)25-12-7-5-11(6-8-12)19-9(2)21/h5-8,13-14,16,26H,4H2,1-3H3,(H,19,21)(H,20,22). The second kappa shape index (κ2) is 10.3. The third-order valence-electron chi connectivity index (χ3n) is 3.28. The molecule has 0 aliphatic heterocycles. The first-order valence-electron chi connectivity index (χ1n) is 7.88. The smallest absolute Gasteiger partial charge is 0.335 e. The van der Waals surface area contributed by atoms with E-state index in [1.165, 1.54) is 26.0 Å². The van der Waals surface area contributed by atoms with E-state index in [9.17, 15) is 19.2 Å². The molecule has 3 atom stereocenters. The van der Waals surface area contributed by atoms with Crippen molar-refractivity contribution in [1.29, 1.82) is 0 Å². The Morgan fingerprint density at radius 2 is 1.69 bits per heavy atom. The topological polar surface area (TPSA) is 102 Å². The molecule has 0 bridgehead atoms. The lowest BCUT2D eigenvalue weighted by Crippen LogP contribution is -2.52. The molecule has 142 valence electrons. The predicted octanol–water partition coefficient (Wildman–Crippen LogP) is 2.10. The van der Waals surface area contributed by atoms with Gasteiger partial charge in [0.05, 0.1) is 10.1 Å². The van der Waals surface area contributed by atoms with Crippen molar-refractivity contribution in [2.24, 2.45) is 0 Å². The van der Waals surface area contributed by atoms with Gasteiger partial charge in [0.2, 0.25) is 11.8 Å². The summed E-state index contributed by atoms with van der Waals surface area (Å²) >= 11 is 7.43. The Balaban J connectivity index is 2.90. The number of carbonyl (C=O) groups is 4. The molecule has 0 saturated carbocycles. The molecule has 1 aromatic carbocycles. The highest BCUT2D eigenvalue weighted by Gasteiger charge is 2.35. The zero-order valence-corrected chi connectivity index (χ0v) is 17.1. The molecule has 0 aliphatic rings. The summed E-state index contributed by atoms with van der Waals surface area (Å²) in [6, 6.07) is 4.87. The number of esters is 1. The van der Waals surface area contributed by atoms with Crippen LogP contribution in [0.1, 0.15) is 27.2 Å². The first-order valence-corrected chi connectivity index (χ1v) is 9.31. The molecule has 0 fully saturated rings. The normalized spacial score (nSPS) is 13.9. The van der Waals surface area contributed by atoms with Gasteiger partial charge in [0.15, 0.2) is 5.78 Å². The molecule has 0 saturated heterocycles. The van der Waals surface area contributed by atoms with Gasteiger partial charge in [0.1, 0.15) is 11.8 Å². The number of hydrogen-bond donors (Lipinski definition) is 3. The van der Waals surface area contributed by atoms with Crippen molar-refractivity contribution in [3.05, 3.63) is 24.3 Å². The molecule has 1 aromatic rings. The number of benzene rings is 1. The van der Waals surface area contributed by atoms with Crippen molar-refractivity contribution in [1.82, 2.24) is 5.32 Å². The molecule has 0 aliphatic carbocycles. The zero-order chi connectivity index (χ0) is 19.9. The minimum atomic E-state index is -1.23. The van der Waals surface area contributed by atoms with Crippen LogP contribution in [0.4, 0.5) is 5.69 Å². The number of thiol groups is 1. The number of hydrogen-bond acceptors (Lipinski definition) is 6. The number of nitrogens with one attached hydrogen (secondary N) is 2. The van der Waals surface area contributed by atoms with Crippen LogP contribution in [0, 0.1) is 0 Å². The Kier molecular flexibility index (Phi) is 8.80. The van der Waals surface area contributed by atoms with Crippen LogP contribution in [0.3, 0.4) is 0 Å². The summed E-state index contributed by atoms with van der Waals surface area (Å²) in [5.74, 6) is -1.64. The van der Waals surface area contributed by atoms with Crippen LogP contribution in [0.5, 0.6) is 5.75 Å². The average Bonchev–Trinajstić information content (AvgIpc) is 2.58. The van der Waals surface area contributed by atoms with Gasteiger partial charge in [0.25, 0.3) is 0 Å². The molecular formula is C17H21BrN2O5S. The Hall–Kier alpha value is -1.87. The Bertz CT molecular complexity index is 680. The van der Waals surface area contributed by atoms with Crippen LogP contribution in [-0.4, -0.2) is 39.7 Å². The zero-order valence-electron chi connectivity index (χ0n) is 14.6. The fourth-order valence-corrected chi connectivity index (χ4v) is 2.89. The third kappa shape index (κ3) is 6.80. The van der Waals surface area contributed by atoms with Gasteiger partial charge in [-0.15, -0.1) is 0 Å². The number of ketones is 1. The SMILES string of the molecule is CCC(Br)C(=O)C(S)C(NC(C)=O)C(=O)Oc1ccc(NC(C)=O)cc1. The highest BCUT2D eigenvalue weighted by atomic mass is 79.9. The van der Waals surface area contributed by atoms with Crippen LogP contribution >= 0.6 is 28.6 Å². The number of anilines is 1. The summed E-state index contributed by atoms with van der Waals surface area (Å²) in [4.78, 5) is 46.7. The molecule has 1 rings (SSSR count). The van der Waals surface area contributed by atoms with Crippen molar-refractivity contribution < 1.29 is 23.9 Å². The Morgan fingerprint density at radius 3 is 2.15 bits per heavy atom. The van der Waals surface area contributed by atoms with Crippen molar-refractivity contribution in [3.8, 4) is 5.75 Å². The van der Waals surface area contributed by atoms with E-state index in [2.05, 4.69) is 39.2 Å². The molecule has 0 radical (unpaired) electrons. The lowest BCUT2D eigenvalue weighted by atomic mass is 10.1. The number of carbonyl (C=O) groups excluding carboxylic acids is 4. The van der Waals surface area contributed by atoms with Crippen LogP contribution < -0.4 is 15.4 Å². The lowest BCUT2D eigenvalue weighted by molar-refractivity contribution is -0.140. The second-order valence-corrected chi connectivity index (χ2v) is 7.19. The van der Waals surface area contributed by atoms with Gasteiger partial charge in [-0.25, -0.2) is 4.79 Å². The molecule has 3 unspecified atom stereocenters. The summed E-state index contributed by atoms with van der Waals surface area (Å²) in [5.41, 5.74) is 0.544. The lowest BCUT2D eigenvalue weighted by Gasteiger charge is -2.23. The summed E-state index contributed by atoms with van der Waals surface area (Å²) in [7, 11) is 0. The molecule has 2 amide bonds. The Labute approximate surface area is 165 Å². The summed E-state index contributed by atoms with van der Waals surface area (Å²) in [6.45, 7) is 4.42. The minimum Gasteiger partial charge on any atom is -0.425 e. The summed E-state index contributed by atoms with van der Waals surface area (Å²) in [6.07, 6.45) is 0.516. The first-order chi connectivity index (χ1) is 12.1. The molecular weight excluding hydrogens is 424 g/mol. The number of ether oxygens (including phenoxy) is 1. The second-order valence-electron chi connectivity index (χ2n) is 5.53. The van der Waals surface area contributed by atoms with E-state index >= 15 is 0 Å². The summed E-state index contributed by atoms with van der Waals surface area (Å²) in [5, 5.41) is 3.94. The first kappa shape index (κ1) is 22.2. The number of amides is 2. The molecule has 0 spiro atoms. The Morgan fingerprint density at radius 1 is 1.12 bits per heavy atom. The average molecular weight is 445 g/mol. The molecule has 2 N–H and O–H groups in total. The summed E-state index contributed by atoms with van der Waals surface area (Å²) < 4.78 is 5.24. The fourth-order valence-electron chi connectivity index (χ4n) is 2.03. The highest BCUT2D eigenvalue weighted by molar-refractivity contribution is 9.10. The fraction of sp³-hybridized carbons (Fsp3) is 0.412. The van der Waals surface area contributed by atoms with Gasteiger partial charge >= 0.3 is 5.97 Å². The predicted molar refractivity (Wildman–Crippen MR) is 105 cm³/mol.